The van der Waals surface area contributed by atoms with E-state index in [9.17, 15) is 4.79 Å². The number of nitrogens with two attached hydrogens (primary N) is 1. The van der Waals surface area contributed by atoms with Crippen molar-refractivity contribution in [3.63, 3.8) is 0 Å². The second-order valence-electron chi connectivity index (χ2n) is 13.1. The number of carbonyl (C=O) groups excluding carboxylic acids is 1. The Bertz CT molecular complexity index is 2080. The number of hydrogen-bond donors (Lipinski definition) is 1. The highest BCUT2D eigenvalue weighted by Gasteiger charge is 2.43. The number of benzene rings is 2. The van der Waals surface area contributed by atoms with Gasteiger partial charge < -0.3 is 29.6 Å². The van der Waals surface area contributed by atoms with Crippen LogP contribution in [0.3, 0.4) is 0 Å². The van der Waals surface area contributed by atoms with E-state index in [4.69, 9.17) is 30.0 Å². The molecule has 8 rings (SSSR count). The van der Waals surface area contributed by atoms with Crippen molar-refractivity contribution in [3.05, 3.63) is 84.8 Å². The number of fused-ring (bicyclic) bond motifs is 3. The third kappa shape index (κ3) is 5.79. The molecule has 1 unspecified atom stereocenters. The summed E-state index contributed by atoms with van der Waals surface area (Å²) in [6.45, 7) is 10.4. The number of amides is 1. The van der Waals surface area contributed by atoms with Gasteiger partial charge in [0.2, 0.25) is 11.8 Å². The summed E-state index contributed by atoms with van der Waals surface area (Å²) in [6, 6.07) is 21.5. The lowest BCUT2D eigenvalue weighted by atomic mass is 9.90. The minimum atomic E-state index is -1.21. The molecular formula is C36H41N11O3. The van der Waals surface area contributed by atoms with Crippen LogP contribution in [0.5, 0.6) is 5.75 Å². The Morgan fingerprint density at radius 3 is 2.38 bits per heavy atom. The SMILES string of the molecule is CN1CCN(CCOc2ccc(N3CCN(C(=O)C(C)(c4ccccc4)n4ncc5c4nc(N)n4nc(-c6ccco6)nc54)CC3)cc2)CC1. The van der Waals surface area contributed by atoms with E-state index in [1.807, 2.05) is 54.3 Å². The van der Waals surface area contributed by atoms with Crippen molar-refractivity contribution in [2.75, 3.05) is 83.2 Å². The lowest BCUT2D eigenvalue weighted by Crippen LogP contribution is -2.56. The summed E-state index contributed by atoms with van der Waals surface area (Å²) in [5.41, 5.74) is 8.03. The molecule has 1 amide bonds. The van der Waals surface area contributed by atoms with E-state index in [2.05, 4.69) is 39.0 Å². The molecular weight excluding hydrogens is 634 g/mol. The summed E-state index contributed by atoms with van der Waals surface area (Å²) in [5, 5.41) is 9.90. The number of likely N-dealkylation sites (N-methyl/N-ethyl adjacent to an activating group) is 1. The van der Waals surface area contributed by atoms with Gasteiger partial charge in [0.25, 0.3) is 5.91 Å². The zero-order valence-corrected chi connectivity index (χ0v) is 28.4. The Hall–Kier alpha value is -5.47. The molecule has 14 heteroatoms. The Morgan fingerprint density at radius 2 is 1.66 bits per heavy atom. The van der Waals surface area contributed by atoms with E-state index in [-0.39, 0.29) is 11.9 Å². The number of furan rings is 1. The van der Waals surface area contributed by atoms with E-state index < -0.39 is 5.54 Å². The normalized spacial score (nSPS) is 17.4. The fourth-order valence-corrected chi connectivity index (χ4v) is 6.94. The van der Waals surface area contributed by atoms with Crippen LogP contribution in [0.2, 0.25) is 0 Å². The van der Waals surface area contributed by atoms with Crippen LogP contribution in [0, 0.1) is 0 Å². The molecule has 14 nitrogen and oxygen atoms in total. The number of anilines is 2. The second kappa shape index (κ2) is 13.1. The zero-order chi connectivity index (χ0) is 34.2. The highest BCUT2D eigenvalue weighted by molar-refractivity contribution is 5.94. The number of hydrogen-bond acceptors (Lipinski definition) is 11. The molecule has 2 aliphatic rings. The van der Waals surface area contributed by atoms with Crippen molar-refractivity contribution in [1.29, 1.82) is 0 Å². The summed E-state index contributed by atoms with van der Waals surface area (Å²) in [6.07, 6.45) is 3.24. The summed E-state index contributed by atoms with van der Waals surface area (Å²) in [5.74, 6) is 1.82. The summed E-state index contributed by atoms with van der Waals surface area (Å²) >= 11 is 0. The van der Waals surface area contributed by atoms with Gasteiger partial charge in [0.1, 0.15) is 12.4 Å². The van der Waals surface area contributed by atoms with Gasteiger partial charge in [0.15, 0.2) is 22.6 Å². The van der Waals surface area contributed by atoms with Gasteiger partial charge >= 0.3 is 0 Å². The Balaban J connectivity index is 0.997. The number of rotatable bonds is 9. The molecule has 2 aromatic carbocycles. The van der Waals surface area contributed by atoms with E-state index in [1.165, 1.54) is 4.52 Å². The largest absolute Gasteiger partial charge is 0.492 e. The first kappa shape index (κ1) is 31.8. The molecule has 0 spiro atoms. The maximum atomic E-state index is 14.7. The lowest BCUT2D eigenvalue weighted by Gasteiger charge is -2.40. The fourth-order valence-electron chi connectivity index (χ4n) is 6.94. The first-order valence-electron chi connectivity index (χ1n) is 17.1. The molecule has 0 saturated carbocycles. The number of ether oxygens (including phenoxy) is 1. The Kier molecular flexibility index (Phi) is 8.32. The summed E-state index contributed by atoms with van der Waals surface area (Å²) < 4.78 is 14.7. The average molecular weight is 676 g/mol. The maximum absolute atomic E-state index is 14.7. The molecule has 50 heavy (non-hydrogen) atoms. The van der Waals surface area contributed by atoms with E-state index in [0.717, 1.165) is 49.7 Å². The van der Waals surface area contributed by atoms with Gasteiger partial charge in [-0.1, -0.05) is 30.3 Å². The molecule has 2 aliphatic heterocycles. The molecule has 2 saturated heterocycles. The first-order valence-corrected chi connectivity index (χ1v) is 17.1. The van der Waals surface area contributed by atoms with Gasteiger partial charge in [-0.05, 0) is 55.9 Å². The predicted molar refractivity (Wildman–Crippen MR) is 190 cm³/mol. The van der Waals surface area contributed by atoms with Gasteiger partial charge in [0.05, 0.1) is 17.8 Å². The van der Waals surface area contributed by atoms with Crippen molar-refractivity contribution >= 4 is 34.2 Å². The molecule has 4 aromatic heterocycles. The van der Waals surface area contributed by atoms with Gasteiger partial charge in [0, 0.05) is 64.6 Å². The first-order chi connectivity index (χ1) is 24.4. The zero-order valence-electron chi connectivity index (χ0n) is 28.4. The van der Waals surface area contributed by atoms with Gasteiger partial charge in [-0.2, -0.15) is 14.6 Å². The van der Waals surface area contributed by atoms with Crippen LogP contribution in [-0.2, 0) is 10.3 Å². The van der Waals surface area contributed by atoms with Crippen molar-refractivity contribution < 1.29 is 13.9 Å². The van der Waals surface area contributed by atoms with Crippen molar-refractivity contribution in [2.24, 2.45) is 0 Å². The minimum absolute atomic E-state index is 0.0737. The number of nitrogens with zero attached hydrogens (tertiary/aromatic N) is 10. The molecule has 1 atom stereocenters. The predicted octanol–water partition coefficient (Wildman–Crippen LogP) is 3.05. The molecule has 0 bridgehead atoms. The van der Waals surface area contributed by atoms with Crippen LogP contribution in [0.15, 0.2) is 83.6 Å². The molecule has 2 fully saturated rings. The topological polar surface area (TPSA) is 139 Å². The van der Waals surface area contributed by atoms with Crippen LogP contribution in [0.4, 0.5) is 11.6 Å². The quantitative estimate of drug-likeness (QED) is 0.242. The second-order valence-corrected chi connectivity index (χ2v) is 13.1. The third-order valence-corrected chi connectivity index (χ3v) is 9.99. The highest BCUT2D eigenvalue weighted by atomic mass is 16.5. The minimum Gasteiger partial charge on any atom is -0.492 e. The van der Waals surface area contributed by atoms with Crippen molar-refractivity contribution in [1.82, 2.24) is 44.1 Å². The van der Waals surface area contributed by atoms with Crippen LogP contribution >= 0.6 is 0 Å². The maximum Gasteiger partial charge on any atom is 0.255 e. The van der Waals surface area contributed by atoms with E-state index in [0.29, 0.717) is 61.1 Å². The monoisotopic (exact) mass is 675 g/mol. The van der Waals surface area contributed by atoms with Gasteiger partial charge in [-0.15, -0.1) is 5.10 Å². The van der Waals surface area contributed by atoms with Gasteiger partial charge in [-0.3, -0.25) is 9.69 Å². The van der Waals surface area contributed by atoms with Crippen LogP contribution in [0.25, 0.3) is 28.3 Å². The smallest absolute Gasteiger partial charge is 0.255 e. The number of carbonyl (C=O) groups is 1. The highest BCUT2D eigenvalue weighted by Crippen LogP contribution is 2.34. The van der Waals surface area contributed by atoms with E-state index in [1.54, 1.807) is 29.3 Å². The van der Waals surface area contributed by atoms with Crippen LogP contribution < -0.4 is 15.4 Å². The van der Waals surface area contributed by atoms with E-state index >= 15 is 0 Å². The molecule has 2 N–H and O–H groups in total. The Morgan fingerprint density at radius 1 is 0.900 bits per heavy atom. The average Bonchev–Trinajstić information content (AvgIpc) is 3.94. The lowest BCUT2D eigenvalue weighted by molar-refractivity contribution is -0.138. The van der Waals surface area contributed by atoms with Crippen molar-refractivity contribution in [2.45, 2.75) is 12.5 Å². The molecule has 0 aliphatic carbocycles. The standard InChI is InChI=1S/C36H41N11O3/c1-36(26-7-4-3-5-8-26,47-33-29(25-38-47)32-39-31(30-9-6-23-50-30)41-46(32)35(37)40-33)34(48)45-20-18-44(19-21-45)27-10-12-28(13-11-27)49-24-22-43-16-14-42(2)15-17-43/h3-13,23,25H,14-22,24H2,1-2H3,(H2,37,40). The van der Waals surface area contributed by atoms with Gasteiger partial charge in [-0.25, -0.2) is 9.67 Å². The summed E-state index contributed by atoms with van der Waals surface area (Å²) in [7, 11) is 2.17. The van der Waals surface area contributed by atoms with Crippen molar-refractivity contribution in [3.8, 4) is 17.3 Å². The molecule has 6 heterocycles. The van der Waals surface area contributed by atoms with Crippen LogP contribution in [-0.4, -0.2) is 123 Å². The Labute approximate surface area is 289 Å². The number of aromatic nitrogens is 6. The van der Waals surface area contributed by atoms with Crippen LogP contribution in [0.1, 0.15) is 12.5 Å². The molecule has 6 aromatic rings. The molecule has 258 valence electrons. The summed E-state index contributed by atoms with van der Waals surface area (Å²) in [4.78, 5) is 33.1. The molecule has 0 radical (unpaired) electrons. The number of piperazine rings is 2. The fraction of sp³-hybridized carbons (Fsp3) is 0.361. The number of nitrogen functional groups attached to an aromatic ring is 1. The third-order valence-electron chi connectivity index (χ3n) is 9.99.